The molecule has 25 nitrogen and oxygen atoms in total. The number of aromatic hydroxyl groups is 6. The summed E-state index contributed by atoms with van der Waals surface area (Å²) in [7, 11) is 0. The first-order valence-electron chi connectivity index (χ1n) is 26.5. The van der Waals surface area contributed by atoms with Crippen molar-refractivity contribution in [2.75, 3.05) is 0 Å². The van der Waals surface area contributed by atoms with Crippen molar-refractivity contribution < 1.29 is 182 Å². The second kappa shape index (κ2) is 51.4. The summed E-state index contributed by atoms with van der Waals surface area (Å²) < 4.78 is 0. The van der Waals surface area contributed by atoms with E-state index in [0.29, 0.717) is 33.4 Å². The minimum atomic E-state index is -1.12. The van der Waals surface area contributed by atoms with Gasteiger partial charge in [-0.05, 0) is 177 Å². The van der Waals surface area contributed by atoms with Gasteiger partial charge in [0.1, 0.15) is 34.5 Å². The van der Waals surface area contributed by atoms with E-state index in [4.69, 9.17) is 30.6 Å². The molecule has 10 aromatic rings. The molecule has 0 aliphatic heterocycles. The van der Waals surface area contributed by atoms with Crippen molar-refractivity contribution in [1.29, 1.82) is 0 Å². The monoisotopic (exact) mass is 1600 g/mol. The molecular formula is C68H66Ho2N4O21+2. The van der Waals surface area contributed by atoms with Gasteiger partial charge in [0, 0.05) is 124 Å². The number of aliphatic carboxylic acids is 6. The number of pyridine rings is 4. The van der Waals surface area contributed by atoms with Gasteiger partial charge in [0.05, 0.1) is 0 Å². The van der Waals surface area contributed by atoms with E-state index in [2.05, 4.69) is 19.9 Å². The topological polar surface area (TPSA) is 511 Å². The molecule has 0 saturated carbocycles. The Labute approximate surface area is 604 Å². The number of rotatable bonds is 14. The van der Waals surface area contributed by atoms with Crippen molar-refractivity contribution in [3.05, 3.63) is 277 Å². The summed E-state index contributed by atoms with van der Waals surface area (Å²) >= 11 is 0. The van der Waals surface area contributed by atoms with Gasteiger partial charge in [-0.3, -0.25) is 19.9 Å². The van der Waals surface area contributed by atoms with Crippen molar-refractivity contribution in [2.24, 2.45) is 0 Å². The number of nitrogens with zero attached hydrogens (tertiary/aromatic N) is 4. The van der Waals surface area contributed by atoms with Crippen LogP contribution in [0.2, 0.25) is 0 Å². The second-order valence-electron chi connectivity index (χ2n) is 18.2. The molecule has 95 heavy (non-hydrogen) atoms. The third-order valence-electron chi connectivity index (χ3n) is 11.1. The summed E-state index contributed by atoms with van der Waals surface area (Å²) in [5, 5.41) is 113. The fourth-order valence-electron chi connectivity index (χ4n) is 6.86. The maximum atomic E-state index is 10.1. The van der Waals surface area contributed by atoms with Crippen LogP contribution in [-0.2, 0) is 78.2 Å². The van der Waals surface area contributed by atoms with Crippen LogP contribution >= 0.6 is 0 Å². The van der Waals surface area contributed by atoms with Gasteiger partial charge in [-0.1, -0.05) is 72.8 Å². The summed E-state index contributed by atoms with van der Waals surface area (Å²) in [6.07, 6.45) is 13.6. The van der Waals surface area contributed by atoms with Crippen molar-refractivity contribution in [1.82, 2.24) is 19.9 Å². The van der Waals surface area contributed by atoms with Gasteiger partial charge in [-0.15, -0.1) is 0 Å². The average molecular weight is 1610 g/mol. The van der Waals surface area contributed by atoms with Crippen molar-refractivity contribution in [3.8, 4) is 56.8 Å². The Morgan fingerprint density at radius 2 is 0.337 bits per heavy atom. The molecular weight excluding hydrogens is 1540 g/mol. The Morgan fingerprint density at radius 1 is 0.232 bits per heavy atom. The first-order chi connectivity index (χ1) is 43.0. The number of hydrogen-bond donors (Lipinski definition) is 6. The van der Waals surface area contributed by atoms with Gasteiger partial charge in [0.15, 0.2) is 0 Å². The number of carboxylic acid groups (broad SMARTS) is 6. The predicted octanol–water partition coefficient (Wildman–Crippen LogP) is -0.274. The summed E-state index contributed by atoms with van der Waals surface area (Å²) in [5.74, 6) is -5.90. The molecule has 14 N–H and O–H groups in total. The molecule has 0 aliphatic rings. The van der Waals surface area contributed by atoms with Crippen LogP contribution in [0.4, 0.5) is 0 Å². The normalized spacial score (nSPS) is 9.01. The standard InChI is InChI=1S/2C10H8N2.6C8H8O3.2Ho.3H2O/c2*1-5-11-6-2-9(1)10-3-7-12-8-4-10;6*9-7-3-1-6(2-4-7)5-8(10)11;;;;;/h2*1-8H;6*1-4,9H,5H2,(H,10,11);;;3*1H2/q;;;;;;;;2*+3;;;/p-4. The minimum Gasteiger partial charge on any atom is -0.550 e. The molecule has 0 unspecified atom stereocenters. The van der Waals surface area contributed by atoms with Crippen LogP contribution in [0.15, 0.2) is 244 Å². The molecule has 504 valence electrons. The smallest absolute Gasteiger partial charge is 0.550 e. The average Bonchev–Trinajstić information content (AvgIpc) is 3.10. The van der Waals surface area contributed by atoms with E-state index < -0.39 is 35.8 Å². The number of phenols is 6. The Balaban J connectivity index is -0.00000101. The Morgan fingerprint density at radius 3 is 0.432 bits per heavy atom. The maximum absolute atomic E-state index is 10.1. The Kier molecular flexibility index (Phi) is 48.3. The number of benzene rings is 6. The molecule has 0 bridgehead atoms. The van der Waals surface area contributed by atoms with Gasteiger partial charge in [-0.2, -0.15) is 0 Å². The quantitative estimate of drug-likeness (QED) is 0.0602. The second-order valence-corrected chi connectivity index (χ2v) is 18.2. The number of carbonyl (C=O) groups is 6. The molecule has 0 saturated heterocycles. The Bertz CT molecular complexity index is 3110. The first-order valence-corrected chi connectivity index (χ1v) is 26.5. The number of carbonyl (C=O) groups excluding carboxylic acids is 6. The number of carboxylic acids is 6. The molecule has 0 radical (unpaired) electrons. The summed E-state index contributed by atoms with van der Waals surface area (Å²) in [6.45, 7) is 0. The number of hydrogen-bond acceptors (Lipinski definition) is 22. The van der Waals surface area contributed by atoms with Crippen LogP contribution < -0.4 is 30.6 Å². The molecule has 6 aromatic carbocycles. The minimum absolute atomic E-state index is 0. The zero-order chi connectivity index (χ0) is 66.1. The van der Waals surface area contributed by atoms with Gasteiger partial charge in [-0.25, -0.2) is 0 Å². The molecule has 0 atom stereocenters. The third-order valence-corrected chi connectivity index (χ3v) is 11.1. The maximum Gasteiger partial charge on any atom is 3.00 e. The first kappa shape index (κ1) is 89.1. The van der Waals surface area contributed by atoms with Gasteiger partial charge in [0.25, 0.3) is 0 Å². The van der Waals surface area contributed by atoms with E-state index in [9.17, 15) is 59.4 Å². The van der Waals surface area contributed by atoms with Crippen LogP contribution in [-0.4, -0.2) is 91.9 Å². The summed E-state index contributed by atoms with van der Waals surface area (Å²) in [4.78, 5) is 76.3. The van der Waals surface area contributed by atoms with E-state index >= 15 is 0 Å². The van der Waals surface area contributed by atoms with Crippen LogP contribution in [0.1, 0.15) is 33.4 Å². The molecule has 4 aromatic heterocycles. The van der Waals surface area contributed by atoms with E-state index in [1.54, 1.807) is 122 Å². The van der Waals surface area contributed by atoms with Crippen LogP contribution in [0.25, 0.3) is 22.3 Å². The molecule has 0 aliphatic carbocycles. The molecule has 10 rings (SSSR count). The van der Waals surface area contributed by atoms with E-state index in [1.807, 2.05) is 48.5 Å². The number of phenolic OH excluding ortho intramolecular Hbond substituents is 6. The van der Waals surface area contributed by atoms with Crippen LogP contribution in [0.3, 0.4) is 0 Å². The summed E-state index contributed by atoms with van der Waals surface area (Å²) in [5.41, 5.74) is 8.46. The van der Waals surface area contributed by atoms with E-state index in [-0.39, 0.29) is 165 Å². The largest absolute Gasteiger partial charge is 3.00 e. The molecule has 0 fully saturated rings. The van der Waals surface area contributed by atoms with E-state index in [0.717, 1.165) is 0 Å². The Hall–Kier alpha value is -10.1. The zero-order valence-corrected chi connectivity index (χ0v) is 53.8. The zero-order valence-electron chi connectivity index (χ0n) is 50.0. The molecule has 0 spiro atoms. The van der Waals surface area contributed by atoms with Crippen molar-refractivity contribution >= 4 is 35.8 Å². The molecule has 0 amide bonds. The van der Waals surface area contributed by atoms with Crippen molar-refractivity contribution in [3.63, 3.8) is 0 Å². The van der Waals surface area contributed by atoms with Gasteiger partial charge >= 0.3 is 75.5 Å². The SMILES string of the molecule is O.O=C([O-])Cc1ccc(O)cc1.O=C([O-])Cc1ccc(O)cc1.O=C([O-])Cc1ccc(O)cc1.O=C([O-])Cc1ccc(O)cc1.O=C([O-])Cc1ccc(O)cc1.O=C([O-])Cc1ccc(O)cc1.[Ho+3].[Ho+3].[OH3+].[OH3+].c1cc(-c2ccncc2)ccn1.c1cc(-c2ccncc2)ccn1. The predicted molar refractivity (Wildman–Crippen MR) is 329 cm³/mol. The van der Waals surface area contributed by atoms with E-state index in [1.165, 1.54) is 95.1 Å². The fraction of sp³-hybridized carbons (Fsp3) is 0.0882. The van der Waals surface area contributed by atoms with Gasteiger partial charge in [0.2, 0.25) is 0 Å². The van der Waals surface area contributed by atoms with Crippen molar-refractivity contribution in [2.45, 2.75) is 38.5 Å². The van der Waals surface area contributed by atoms with Crippen LogP contribution in [0.5, 0.6) is 34.5 Å². The fourth-order valence-corrected chi connectivity index (χ4v) is 6.86. The number of aromatic nitrogens is 4. The molecule has 27 heteroatoms. The third kappa shape index (κ3) is 43.4. The van der Waals surface area contributed by atoms with Crippen LogP contribution in [0, 0.1) is 75.5 Å². The van der Waals surface area contributed by atoms with Gasteiger partial charge < -0.3 is 106 Å². The molecule has 4 heterocycles. The summed E-state index contributed by atoms with van der Waals surface area (Å²) in [6, 6.07) is 51.7.